The van der Waals surface area contributed by atoms with Gasteiger partial charge in [0.1, 0.15) is 24.1 Å². The predicted octanol–water partition coefficient (Wildman–Crippen LogP) is 2.74. The fourth-order valence-electron chi connectivity index (χ4n) is 2.78. The van der Waals surface area contributed by atoms with Crippen molar-refractivity contribution in [1.29, 1.82) is 5.26 Å². The van der Waals surface area contributed by atoms with Gasteiger partial charge in [0.05, 0.1) is 0 Å². The van der Waals surface area contributed by atoms with Crippen molar-refractivity contribution in [1.82, 2.24) is 10.3 Å². The minimum Gasteiger partial charge on any atom is -0.489 e. The van der Waals surface area contributed by atoms with Crippen LogP contribution in [0.3, 0.4) is 0 Å². The number of hydrogen-bond acceptors (Lipinski definition) is 4. The number of ether oxygens (including phenoxy) is 1. The molecule has 0 fully saturated rings. The Balaban J connectivity index is 1.70. The number of pyridine rings is 1. The molecule has 0 spiro atoms. The fourth-order valence-corrected chi connectivity index (χ4v) is 2.78. The Kier molecular flexibility index (Phi) is 3.85. The summed E-state index contributed by atoms with van der Waals surface area (Å²) in [6, 6.07) is 12.4. The summed E-state index contributed by atoms with van der Waals surface area (Å²) in [4.78, 5) is 3.95. The summed E-state index contributed by atoms with van der Waals surface area (Å²) < 4.78 is 5.83. The van der Waals surface area contributed by atoms with E-state index >= 15 is 0 Å². The number of benzene rings is 1. The smallest absolute Gasteiger partial charge is 0.140 e. The number of nitriles is 1. The Labute approximate surface area is 124 Å². The molecule has 4 heteroatoms. The highest BCUT2D eigenvalue weighted by atomic mass is 16.5. The molecule has 3 rings (SSSR count). The average molecular weight is 279 g/mol. The molecule has 1 atom stereocenters. The summed E-state index contributed by atoms with van der Waals surface area (Å²) in [5.74, 6) is 0.876. The highest BCUT2D eigenvalue weighted by Gasteiger charge is 2.20. The molecule has 21 heavy (non-hydrogen) atoms. The molecule has 0 saturated carbocycles. The van der Waals surface area contributed by atoms with Gasteiger partial charge in [0.15, 0.2) is 0 Å². The van der Waals surface area contributed by atoms with Crippen LogP contribution in [0.4, 0.5) is 0 Å². The number of hydrogen-bond donors (Lipinski definition) is 1. The summed E-state index contributed by atoms with van der Waals surface area (Å²) in [5.41, 5.74) is 4.11. The molecule has 0 aliphatic heterocycles. The average Bonchev–Trinajstić information content (AvgIpc) is 2.95. The van der Waals surface area contributed by atoms with E-state index in [-0.39, 0.29) is 0 Å². The predicted molar refractivity (Wildman–Crippen MR) is 79.8 cm³/mol. The Morgan fingerprint density at radius 3 is 3.10 bits per heavy atom. The molecule has 1 aliphatic carbocycles. The third-order valence-corrected chi connectivity index (χ3v) is 3.89. The minimum absolute atomic E-state index is 0.418. The van der Waals surface area contributed by atoms with Gasteiger partial charge in [0, 0.05) is 12.2 Å². The second-order valence-corrected chi connectivity index (χ2v) is 5.19. The van der Waals surface area contributed by atoms with E-state index in [1.54, 1.807) is 12.3 Å². The lowest BCUT2D eigenvalue weighted by atomic mass is 10.1. The first-order valence-corrected chi connectivity index (χ1v) is 7.08. The largest absolute Gasteiger partial charge is 0.489 e. The van der Waals surface area contributed by atoms with Crippen LogP contribution >= 0.6 is 0 Å². The van der Waals surface area contributed by atoms with Crippen LogP contribution in [0.15, 0.2) is 36.5 Å². The fraction of sp³-hybridized carbons (Fsp3) is 0.294. The molecule has 1 aromatic heterocycles. The van der Waals surface area contributed by atoms with E-state index in [9.17, 15) is 0 Å². The maximum Gasteiger partial charge on any atom is 0.140 e. The second-order valence-electron chi connectivity index (χ2n) is 5.19. The highest BCUT2D eigenvalue weighted by Crippen LogP contribution is 2.33. The molecular formula is C17H17N3O. The van der Waals surface area contributed by atoms with Crippen molar-refractivity contribution in [2.45, 2.75) is 25.5 Å². The first kappa shape index (κ1) is 13.6. The molecule has 1 heterocycles. The Hall–Kier alpha value is -2.38. The number of aryl methyl sites for hydroxylation is 1. The van der Waals surface area contributed by atoms with Crippen LogP contribution in [-0.4, -0.2) is 12.0 Å². The summed E-state index contributed by atoms with van der Waals surface area (Å²) in [5, 5.41) is 12.2. The van der Waals surface area contributed by atoms with Gasteiger partial charge in [-0.1, -0.05) is 6.07 Å². The number of nitrogens with zero attached hydrogens (tertiary/aromatic N) is 2. The van der Waals surface area contributed by atoms with Gasteiger partial charge in [-0.15, -0.1) is 0 Å². The molecule has 0 amide bonds. The van der Waals surface area contributed by atoms with Gasteiger partial charge in [0.2, 0.25) is 0 Å². The lowest BCUT2D eigenvalue weighted by molar-refractivity contribution is 0.306. The van der Waals surface area contributed by atoms with E-state index in [4.69, 9.17) is 10.00 Å². The van der Waals surface area contributed by atoms with Gasteiger partial charge < -0.3 is 10.1 Å². The van der Waals surface area contributed by atoms with Crippen LogP contribution in [0, 0.1) is 11.3 Å². The lowest BCUT2D eigenvalue weighted by Gasteiger charge is -2.11. The van der Waals surface area contributed by atoms with Crippen LogP contribution in [0.5, 0.6) is 5.75 Å². The molecule has 1 aliphatic rings. The van der Waals surface area contributed by atoms with Gasteiger partial charge in [-0.3, -0.25) is 0 Å². The maximum atomic E-state index is 8.84. The van der Waals surface area contributed by atoms with Gasteiger partial charge in [0.25, 0.3) is 0 Å². The lowest BCUT2D eigenvalue weighted by Crippen LogP contribution is -2.12. The number of fused-ring (bicyclic) bond motifs is 1. The quantitative estimate of drug-likeness (QED) is 0.935. The highest BCUT2D eigenvalue weighted by molar-refractivity contribution is 5.40. The van der Waals surface area contributed by atoms with Gasteiger partial charge >= 0.3 is 0 Å². The van der Waals surface area contributed by atoms with Crippen molar-refractivity contribution in [3.63, 3.8) is 0 Å². The van der Waals surface area contributed by atoms with E-state index in [2.05, 4.69) is 22.4 Å². The zero-order valence-electron chi connectivity index (χ0n) is 12.0. The summed E-state index contributed by atoms with van der Waals surface area (Å²) in [7, 11) is 2.00. The Morgan fingerprint density at radius 2 is 2.29 bits per heavy atom. The standard InChI is InChI=1S/C17H17N3O/c1-19-17-5-2-13-9-15(3-4-16(13)17)21-11-12-6-7-20-14(8-12)10-18/h3-4,6-9,17,19H,2,5,11H2,1H3. The molecule has 2 aromatic rings. The van der Waals surface area contributed by atoms with E-state index in [1.807, 2.05) is 25.2 Å². The molecule has 106 valence electrons. The van der Waals surface area contributed by atoms with Crippen LogP contribution in [0.2, 0.25) is 0 Å². The molecule has 0 bridgehead atoms. The number of aromatic nitrogens is 1. The van der Waals surface area contributed by atoms with Crippen molar-refractivity contribution in [2.75, 3.05) is 7.05 Å². The first-order valence-electron chi connectivity index (χ1n) is 7.08. The minimum atomic E-state index is 0.418. The van der Waals surface area contributed by atoms with Gasteiger partial charge in [-0.05, 0) is 60.8 Å². The van der Waals surface area contributed by atoms with Crippen molar-refractivity contribution in [3.05, 3.63) is 58.9 Å². The third kappa shape index (κ3) is 2.88. The summed E-state index contributed by atoms with van der Waals surface area (Å²) in [6.07, 6.45) is 3.87. The third-order valence-electron chi connectivity index (χ3n) is 3.89. The van der Waals surface area contributed by atoms with Gasteiger partial charge in [-0.2, -0.15) is 5.26 Å². The van der Waals surface area contributed by atoms with Crippen molar-refractivity contribution in [3.8, 4) is 11.8 Å². The molecule has 1 N–H and O–H groups in total. The topological polar surface area (TPSA) is 57.9 Å². The zero-order chi connectivity index (χ0) is 14.7. The van der Waals surface area contributed by atoms with E-state index in [0.717, 1.165) is 24.2 Å². The van der Waals surface area contributed by atoms with Crippen LogP contribution in [0.25, 0.3) is 0 Å². The first-order chi connectivity index (χ1) is 10.3. The molecule has 1 aromatic carbocycles. The zero-order valence-corrected chi connectivity index (χ0v) is 12.0. The Morgan fingerprint density at radius 1 is 1.38 bits per heavy atom. The molecular weight excluding hydrogens is 262 g/mol. The van der Waals surface area contributed by atoms with Crippen LogP contribution in [-0.2, 0) is 13.0 Å². The van der Waals surface area contributed by atoms with Gasteiger partial charge in [-0.25, -0.2) is 4.98 Å². The van der Waals surface area contributed by atoms with Crippen LogP contribution < -0.4 is 10.1 Å². The molecule has 1 unspecified atom stereocenters. The van der Waals surface area contributed by atoms with Crippen LogP contribution in [0.1, 0.15) is 34.8 Å². The van der Waals surface area contributed by atoms with E-state index in [0.29, 0.717) is 18.3 Å². The molecule has 0 saturated heterocycles. The Bertz CT molecular complexity index is 691. The number of nitrogens with one attached hydrogen (secondary N) is 1. The van der Waals surface area contributed by atoms with E-state index in [1.165, 1.54) is 11.1 Å². The van der Waals surface area contributed by atoms with Crippen molar-refractivity contribution in [2.24, 2.45) is 0 Å². The summed E-state index contributed by atoms with van der Waals surface area (Å²) in [6.45, 7) is 0.450. The maximum absolute atomic E-state index is 8.84. The normalized spacial score (nSPS) is 16.3. The SMILES string of the molecule is CNC1CCc2cc(OCc3ccnc(C#N)c3)ccc21. The summed E-state index contributed by atoms with van der Waals surface area (Å²) >= 11 is 0. The molecule has 0 radical (unpaired) electrons. The van der Waals surface area contributed by atoms with E-state index < -0.39 is 0 Å². The van der Waals surface area contributed by atoms with Crippen molar-refractivity contribution < 1.29 is 4.74 Å². The molecule has 4 nitrogen and oxygen atoms in total. The monoisotopic (exact) mass is 279 g/mol. The van der Waals surface area contributed by atoms with Crippen molar-refractivity contribution >= 4 is 0 Å². The second kappa shape index (κ2) is 5.94. The number of rotatable bonds is 4.